The van der Waals surface area contributed by atoms with Gasteiger partial charge in [0.25, 0.3) is 0 Å². The van der Waals surface area contributed by atoms with E-state index in [-0.39, 0.29) is 5.97 Å². The topological polar surface area (TPSA) is 42.4 Å². The number of aromatic nitrogens is 1. The van der Waals surface area contributed by atoms with Gasteiger partial charge in [0, 0.05) is 22.9 Å². The second-order valence-electron chi connectivity index (χ2n) is 5.67. The molecule has 3 heterocycles. The SMILES string of the molecule is COC(=O)c1nc(C2CC3CCC(C2)N3C)sc1C. The first-order chi connectivity index (χ1) is 9.10. The van der Waals surface area contributed by atoms with Crippen molar-refractivity contribution >= 4 is 17.3 Å². The normalized spacial score (nSPS) is 30.6. The molecule has 2 atom stereocenters. The molecule has 2 bridgehead atoms. The summed E-state index contributed by atoms with van der Waals surface area (Å²) in [4.78, 5) is 19.7. The second-order valence-corrected chi connectivity index (χ2v) is 6.90. The minimum Gasteiger partial charge on any atom is -0.464 e. The molecule has 1 aromatic rings. The summed E-state index contributed by atoms with van der Waals surface area (Å²) in [6.07, 6.45) is 4.99. The summed E-state index contributed by atoms with van der Waals surface area (Å²) in [5, 5.41) is 1.13. The third-order valence-corrected chi connectivity index (χ3v) is 5.77. The van der Waals surface area contributed by atoms with Gasteiger partial charge in [-0.15, -0.1) is 11.3 Å². The highest BCUT2D eigenvalue weighted by atomic mass is 32.1. The zero-order valence-corrected chi connectivity index (χ0v) is 12.5. The average Bonchev–Trinajstić information content (AvgIpc) is 2.85. The van der Waals surface area contributed by atoms with Crippen molar-refractivity contribution in [2.24, 2.45) is 0 Å². The summed E-state index contributed by atoms with van der Waals surface area (Å²) >= 11 is 1.67. The minimum absolute atomic E-state index is 0.309. The summed E-state index contributed by atoms with van der Waals surface area (Å²) in [5.74, 6) is 0.215. The van der Waals surface area contributed by atoms with Gasteiger partial charge >= 0.3 is 5.97 Å². The molecule has 0 spiro atoms. The highest BCUT2D eigenvalue weighted by molar-refractivity contribution is 7.12. The van der Waals surface area contributed by atoms with Crippen LogP contribution in [0.5, 0.6) is 0 Å². The van der Waals surface area contributed by atoms with Crippen molar-refractivity contribution in [1.82, 2.24) is 9.88 Å². The Labute approximate surface area is 117 Å². The van der Waals surface area contributed by atoms with E-state index in [0.29, 0.717) is 23.7 Å². The molecule has 2 aliphatic heterocycles. The van der Waals surface area contributed by atoms with Gasteiger partial charge < -0.3 is 9.64 Å². The fourth-order valence-electron chi connectivity index (χ4n) is 3.49. The standard InChI is InChI=1S/C14H20N2O2S/c1-8-12(14(17)18-3)15-13(19-8)9-6-10-4-5-11(7-9)16(10)2/h9-11H,4-7H2,1-3H3. The molecule has 2 aliphatic rings. The molecule has 1 aromatic heterocycles. The molecule has 0 amide bonds. The van der Waals surface area contributed by atoms with E-state index in [4.69, 9.17) is 4.74 Å². The number of esters is 1. The maximum absolute atomic E-state index is 11.6. The number of hydrogen-bond acceptors (Lipinski definition) is 5. The molecule has 2 unspecified atom stereocenters. The van der Waals surface area contributed by atoms with E-state index in [9.17, 15) is 4.79 Å². The van der Waals surface area contributed by atoms with Gasteiger partial charge in [0.15, 0.2) is 5.69 Å². The lowest BCUT2D eigenvalue weighted by molar-refractivity contribution is 0.0593. The number of nitrogens with zero attached hydrogens (tertiary/aromatic N) is 2. The molecule has 0 aliphatic carbocycles. The monoisotopic (exact) mass is 280 g/mol. The van der Waals surface area contributed by atoms with Crippen LogP contribution >= 0.6 is 11.3 Å². The summed E-state index contributed by atoms with van der Waals surface area (Å²) in [6.45, 7) is 1.96. The summed E-state index contributed by atoms with van der Waals surface area (Å²) < 4.78 is 4.79. The molecule has 19 heavy (non-hydrogen) atoms. The van der Waals surface area contributed by atoms with Crippen LogP contribution in [0, 0.1) is 6.92 Å². The number of rotatable bonds is 2. The van der Waals surface area contributed by atoms with Crippen molar-refractivity contribution < 1.29 is 9.53 Å². The fraction of sp³-hybridized carbons (Fsp3) is 0.714. The maximum atomic E-state index is 11.6. The van der Waals surface area contributed by atoms with Crippen LogP contribution in [0.1, 0.15) is 52.0 Å². The predicted octanol–water partition coefficient (Wildman–Crippen LogP) is 2.58. The molecular formula is C14H20N2O2S. The first kappa shape index (κ1) is 13.1. The van der Waals surface area contributed by atoms with E-state index < -0.39 is 0 Å². The lowest BCUT2D eigenvalue weighted by Crippen LogP contribution is -2.39. The lowest BCUT2D eigenvalue weighted by atomic mass is 9.92. The average molecular weight is 280 g/mol. The molecule has 2 saturated heterocycles. The van der Waals surface area contributed by atoms with Crippen molar-refractivity contribution in [2.75, 3.05) is 14.2 Å². The van der Waals surface area contributed by atoms with Crippen LogP contribution < -0.4 is 0 Å². The molecule has 5 heteroatoms. The van der Waals surface area contributed by atoms with Gasteiger partial charge in [0.1, 0.15) is 0 Å². The van der Waals surface area contributed by atoms with E-state index >= 15 is 0 Å². The van der Waals surface area contributed by atoms with Gasteiger partial charge in [-0.2, -0.15) is 0 Å². The van der Waals surface area contributed by atoms with E-state index in [1.54, 1.807) is 11.3 Å². The van der Waals surface area contributed by atoms with Crippen LogP contribution in [-0.4, -0.2) is 42.1 Å². The van der Waals surface area contributed by atoms with Gasteiger partial charge in [-0.1, -0.05) is 0 Å². The number of thiazole rings is 1. The Morgan fingerprint density at radius 2 is 2.00 bits per heavy atom. The minimum atomic E-state index is -0.309. The third kappa shape index (κ3) is 2.19. The van der Waals surface area contributed by atoms with Crippen molar-refractivity contribution in [1.29, 1.82) is 0 Å². The fourth-order valence-corrected chi connectivity index (χ4v) is 4.53. The number of carbonyl (C=O) groups is 1. The molecule has 3 rings (SSSR count). The van der Waals surface area contributed by atoms with Crippen molar-refractivity contribution in [2.45, 2.75) is 50.6 Å². The van der Waals surface area contributed by atoms with Crippen LogP contribution in [-0.2, 0) is 4.74 Å². The Kier molecular flexibility index (Phi) is 3.35. The van der Waals surface area contributed by atoms with E-state index in [0.717, 1.165) is 9.88 Å². The number of methoxy groups -OCH3 is 1. The van der Waals surface area contributed by atoms with Gasteiger partial charge in [-0.3, -0.25) is 0 Å². The van der Waals surface area contributed by atoms with Gasteiger partial charge in [-0.05, 0) is 39.7 Å². The Bertz CT molecular complexity index is 486. The highest BCUT2D eigenvalue weighted by Crippen LogP contribution is 2.43. The lowest BCUT2D eigenvalue weighted by Gasteiger charge is -2.35. The summed E-state index contributed by atoms with van der Waals surface area (Å²) in [6, 6.07) is 1.41. The molecule has 2 fully saturated rings. The molecule has 0 aromatic carbocycles. The van der Waals surface area contributed by atoms with E-state index in [1.165, 1.54) is 32.8 Å². The number of carbonyl (C=O) groups excluding carboxylic acids is 1. The predicted molar refractivity (Wildman–Crippen MR) is 74.7 cm³/mol. The molecule has 0 N–H and O–H groups in total. The summed E-state index contributed by atoms with van der Waals surface area (Å²) in [7, 11) is 3.65. The Hall–Kier alpha value is -0.940. The highest BCUT2D eigenvalue weighted by Gasteiger charge is 2.40. The van der Waals surface area contributed by atoms with Crippen LogP contribution in [0.3, 0.4) is 0 Å². The Balaban J connectivity index is 1.82. The van der Waals surface area contributed by atoms with Crippen LogP contribution in [0.2, 0.25) is 0 Å². The number of piperidine rings is 1. The Morgan fingerprint density at radius 3 is 2.58 bits per heavy atom. The van der Waals surface area contributed by atoms with Crippen LogP contribution in [0.15, 0.2) is 0 Å². The largest absolute Gasteiger partial charge is 0.464 e. The van der Waals surface area contributed by atoms with Gasteiger partial charge in [0.05, 0.1) is 12.1 Å². The zero-order chi connectivity index (χ0) is 13.6. The third-order valence-electron chi connectivity index (χ3n) is 4.64. The molecule has 4 nitrogen and oxygen atoms in total. The molecule has 0 saturated carbocycles. The first-order valence-electron chi connectivity index (χ1n) is 6.87. The quantitative estimate of drug-likeness (QED) is 0.781. The second kappa shape index (κ2) is 4.87. The van der Waals surface area contributed by atoms with Crippen molar-refractivity contribution in [3.8, 4) is 0 Å². The number of ether oxygens (including phenoxy) is 1. The number of fused-ring (bicyclic) bond motifs is 2. The van der Waals surface area contributed by atoms with Crippen molar-refractivity contribution in [3.05, 3.63) is 15.6 Å². The summed E-state index contributed by atoms with van der Waals surface area (Å²) in [5.41, 5.74) is 0.508. The zero-order valence-electron chi connectivity index (χ0n) is 11.7. The van der Waals surface area contributed by atoms with Crippen LogP contribution in [0.25, 0.3) is 0 Å². The molecular weight excluding hydrogens is 260 g/mol. The maximum Gasteiger partial charge on any atom is 0.357 e. The molecule has 104 valence electrons. The Morgan fingerprint density at radius 1 is 1.37 bits per heavy atom. The smallest absolute Gasteiger partial charge is 0.357 e. The number of hydrogen-bond donors (Lipinski definition) is 0. The van der Waals surface area contributed by atoms with Crippen molar-refractivity contribution in [3.63, 3.8) is 0 Å². The van der Waals surface area contributed by atoms with Gasteiger partial charge in [0.2, 0.25) is 0 Å². The van der Waals surface area contributed by atoms with Crippen LogP contribution in [0.4, 0.5) is 0 Å². The molecule has 0 radical (unpaired) electrons. The van der Waals surface area contributed by atoms with E-state index in [2.05, 4.69) is 16.9 Å². The van der Waals surface area contributed by atoms with Gasteiger partial charge in [-0.25, -0.2) is 9.78 Å². The number of aryl methyl sites for hydroxylation is 1. The van der Waals surface area contributed by atoms with E-state index in [1.807, 2.05) is 6.92 Å². The first-order valence-corrected chi connectivity index (χ1v) is 7.69.